The molecule has 1 aliphatic rings. The minimum absolute atomic E-state index is 0.0346. The molecule has 5 heteroatoms. The predicted molar refractivity (Wildman–Crippen MR) is 80.7 cm³/mol. The van der Waals surface area contributed by atoms with Gasteiger partial charge < -0.3 is 14.7 Å². The van der Waals surface area contributed by atoms with E-state index >= 15 is 0 Å². The highest BCUT2D eigenvalue weighted by atomic mass is 32.1. The minimum Gasteiger partial charge on any atom is -0.394 e. The van der Waals surface area contributed by atoms with Crippen LogP contribution in [0, 0.1) is 6.92 Å². The molecule has 2 heterocycles. The van der Waals surface area contributed by atoms with Crippen LogP contribution in [0.3, 0.4) is 0 Å². The normalized spacial score (nSPS) is 22.4. The van der Waals surface area contributed by atoms with Crippen LogP contribution < -0.4 is 0 Å². The van der Waals surface area contributed by atoms with Crippen LogP contribution in [0.1, 0.15) is 24.3 Å². The number of hydrogen-bond acceptors (Lipinski definition) is 4. The van der Waals surface area contributed by atoms with Crippen LogP contribution in [0.25, 0.3) is 6.08 Å². The molecule has 0 saturated carbocycles. The van der Waals surface area contributed by atoms with E-state index < -0.39 is 5.60 Å². The zero-order valence-electron chi connectivity index (χ0n) is 12.1. The Bertz CT molecular complexity index is 507. The van der Waals surface area contributed by atoms with Crippen molar-refractivity contribution in [1.29, 1.82) is 0 Å². The van der Waals surface area contributed by atoms with Crippen LogP contribution in [-0.4, -0.2) is 47.3 Å². The third kappa shape index (κ3) is 3.69. The minimum atomic E-state index is -0.423. The van der Waals surface area contributed by atoms with Crippen molar-refractivity contribution in [2.75, 3.05) is 19.7 Å². The van der Waals surface area contributed by atoms with E-state index in [2.05, 4.69) is 0 Å². The van der Waals surface area contributed by atoms with Gasteiger partial charge in [0.05, 0.1) is 18.3 Å². The monoisotopic (exact) mass is 295 g/mol. The molecule has 20 heavy (non-hydrogen) atoms. The summed E-state index contributed by atoms with van der Waals surface area (Å²) in [6, 6.07) is 2.04. The molecule has 0 aliphatic carbocycles. The molecule has 0 bridgehead atoms. The number of aliphatic hydroxyl groups is 1. The Morgan fingerprint density at radius 1 is 1.65 bits per heavy atom. The van der Waals surface area contributed by atoms with E-state index in [4.69, 9.17) is 4.74 Å². The van der Waals surface area contributed by atoms with Crippen molar-refractivity contribution in [2.45, 2.75) is 32.5 Å². The Hall–Kier alpha value is -1.17. The Labute approximate surface area is 123 Å². The maximum absolute atomic E-state index is 12.3. The van der Waals surface area contributed by atoms with Crippen LogP contribution in [0.5, 0.6) is 0 Å². The van der Waals surface area contributed by atoms with E-state index in [-0.39, 0.29) is 18.6 Å². The van der Waals surface area contributed by atoms with Gasteiger partial charge in [-0.2, -0.15) is 0 Å². The first-order valence-corrected chi connectivity index (χ1v) is 7.59. The van der Waals surface area contributed by atoms with Crippen LogP contribution in [0.2, 0.25) is 0 Å². The lowest BCUT2D eigenvalue weighted by Crippen LogP contribution is -2.55. The number of carbonyl (C=O) groups excluding carboxylic acids is 1. The van der Waals surface area contributed by atoms with Crippen molar-refractivity contribution in [3.05, 3.63) is 28.0 Å². The van der Waals surface area contributed by atoms with Gasteiger partial charge in [-0.3, -0.25) is 4.79 Å². The first-order chi connectivity index (χ1) is 9.41. The number of ether oxygens (including phenoxy) is 1. The lowest BCUT2D eigenvalue weighted by atomic mass is 10.1. The molecule has 1 aromatic heterocycles. The molecule has 0 radical (unpaired) electrons. The highest BCUT2D eigenvalue weighted by Crippen LogP contribution is 2.22. The molecule has 2 rings (SSSR count). The summed E-state index contributed by atoms with van der Waals surface area (Å²) < 4.78 is 5.71. The van der Waals surface area contributed by atoms with E-state index in [1.807, 2.05) is 38.3 Å². The quantitative estimate of drug-likeness (QED) is 0.869. The van der Waals surface area contributed by atoms with Crippen molar-refractivity contribution in [3.63, 3.8) is 0 Å². The number of hydrogen-bond donors (Lipinski definition) is 1. The Kier molecular flexibility index (Phi) is 4.62. The molecule has 110 valence electrons. The summed E-state index contributed by atoms with van der Waals surface area (Å²) in [6.45, 7) is 6.80. The highest BCUT2D eigenvalue weighted by Gasteiger charge is 2.34. The number of thiophene rings is 1. The van der Waals surface area contributed by atoms with Gasteiger partial charge in [0, 0.05) is 24.0 Å². The number of aryl methyl sites for hydroxylation is 1. The van der Waals surface area contributed by atoms with Gasteiger partial charge in [-0.05, 0) is 43.9 Å². The molecule has 0 spiro atoms. The van der Waals surface area contributed by atoms with Gasteiger partial charge >= 0.3 is 0 Å². The molecule has 1 aliphatic heterocycles. The van der Waals surface area contributed by atoms with Crippen LogP contribution in [0.4, 0.5) is 0 Å². The number of carbonyl (C=O) groups is 1. The molecule has 1 N–H and O–H groups in total. The van der Waals surface area contributed by atoms with E-state index in [0.717, 1.165) is 4.88 Å². The molecule has 1 aromatic rings. The molecule has 0 aromatic carbocycles. The fourth-order valence-electron chi connectivity index (χ4n) is 2.37. The summed E-state index contributed by atoms with van der Waals surface area (Å²) in [5.41, 5.74) is 0.753. The first-order valence-electron chi connectivity index (χ1n) is 6.71. The van der Waals surface area contributed by atoms with Gasteiger partial charge in [-0.15, -0.1) is 11.3 Å². The van der Waals surface area contributed by atoms with Gasteiger partial charge in [0.2, 0.25) is 5.91 Å². The first kappa shape index (κ1) is 15.2. The average molecular weight is 295 g/mol. The van der Waals surface area contributed by atoms with Crippen LogP contribution in [0.15, 0.2) is 17.5 Å². The largest absolute Gasteiger partial charge is 0.394 e. The number of amides is 1. The Balaban J connectivity index is 2.05. The SMILES string of the molecule is Cc1ccsc1/C=C/C(=O)N1CC(CO)OC(C)(C)C1. The molecule has 1 amide bonds. The number of morpholine rings is 1. The zero-order valence-corrected chi connectivity index (χ0v) is 12.9. The smallest absolute Gasteiger partial charge is 0.246 e. The second kappa shape index (κ2) is 6.08. The molecule has 1 unspecified atom stereocenters. The summed E-state index contributed by atoms with van der Waals surface area (Å²) in [5, 5.41) is 11.3. The van der Waals surface area contributed by atoms with E-state index in [0.29, 0.717) is 13.1 Å². The van der Waals surface area contributed by atoms with Crippen molar-refractivity contribution >= 4 is 23.3 Å². The number of rotatable bonds is 3. The summed E-state index contributed by atoms with van der Waals surface area (Å²) in [5.74, 6) is -0.0346. The summed E-state index contributed by atoms with van der Waals surface area (Å²) in [6.07, 6.45) is 3.16. The zero-order chi connectivity index (χ0) is 14.8. The van der Waals surface area contributed by atoms with E-state index in [1.165, 1.54) is 5.56 Å². The fraction of sp³-hybridized carbons (Fsp3) is 0.533. The topological polar surface area (TPSA) is 49.8 Å². The van der Waals surface area contributed by atoms with Crippen molar-refractivity contribution in [3.8, 4) is 0 Å². The summed E-state index contributed by atoms with van der Waals surface area (Å²) in [4.78, 5) is 15.1. The Morgan fingerprint density at radius 2 is 2.40 bits per heavy atom. The van der Waals surface area contributed by atoms with Gasteiger partial charge in [0.25, 0.3) is 0 Å². The molecular formula is C15H21NO3S. The fourth-order valence-corrected chi connectivity index (χ4v) is 3.19. The maximum Gasteiger partial charge on any atom is 0.246 e. The van der Waals surface area contributed by atoms with E-state index in [1.54, 1.807) is 22.3 Å². The third-order valence-corrected chi connectivity index (χ3v) is 4.26. The highest BCUT2D eigenvalue weighted by molar-refractivity contribution is 7.11. The average Bonchev–Trinajstić information content (AvgIpc) is 2.79. The van der Waals surface area contributed by atoms with Gasteiger partial charge in [0.1, 0.15) is 0 Å². The predicted octanol–water partition coefficient (Wildman–Crippen LogP) is 2.07. The Morgan fingerprint density at radius 3 is 3.00 bits per heavy atom. The summed E-state index contributed by atoms with van der Waals surface area (Å²) in [7, 11) is 0. The molecular weight excluding hydrogens is 274 g/mol. The maximum atomic E-state index is 12.3. The molecule has 1 saturated heterocycles. The van der Waals surface area contributed by atoms with E-state index in [9.17, 15) is 9.90 Å². The molecule has 4 nitrogen and oxygen atoms in total. The number of nitrogens with zero attached hydrogens (tertiary/aromatic N) is 1. The van der Waals surface area contributed by atoms with Crippen LogP contribution >= 0.6 is 11.3 Å². The number of aliphatic hydroxyl groups excluding tert-OH is 1. The molecule has 1 fully saturated rings. The van der Waals surface area contributed by atoms with Gasteiger partial charge in [0.15, 0.2) is 0 Å². The van der Waals surface area contributed by atoms with Gasteiger partial charge in [-0.25, -0.2) is 0 Å². The third-order valence-electron chi connectivity index (χ3n) is 3.28. The lowest BCUT2D eigenvalue weighted by molar-refractivity contribution is -0.163. The van der Waals surface area contributed by atoms with Crippen molar-refractivity contribution in [2.24, 2.45) is 0 Å². The van der Waals surface area contributed by atoms with Gasteiger partial charge in [-0.1, -0.05) is 0 Å². The lowest BCUT2D eigenvalue weighted by Gasteiger charge is -2.41. The second-order valence-corrected chi connectivity index (χ2v) is 6.65. The van der Waals surface area contributed by atoms with Crippen LogP contribution in [-0.2, 0) is 9.53 Å². The van der Waals surface area contributed by atoms with Crippen molar-refractivity contribution < 1.29 is 14.6 Å². The summed E-state index contributed by atoms with van der Waals surface area (Å²) >= 11 is 1.62. The second-order valence-electron chi connectivity index (χ2n) is 5.70. The molecule has 1 atom stereocenters. The standard InChI is InChI=1S/C15H21NO3S/c1-11-6-7-20-13(11)4-5-14(18)16-8-12(9-17)19-15(2,3)10-16/h4-7,12,17H,8-10H2,1-3H3/b5-4+. The van der Waals surface area contributed by atoms with Crippen molar-refractivity contribution in [1.82, 2.24) is 4.90 Å².